The largest absolute Gasteiger partial charge is 0.417 e. The average molecular weight is 411 g/mol. The zero-order valence-corrected chi connectivity index (χ0v) is 16.0. The molecule has 2 atom stereocenters. The van der Waals surface area contributed by atoms with Gasteiger partial charge in [0, 0.05) is 24.9 Å². The fourth-order valence-corrected chi connectivity index (χ4v) is 4.45. The molecule has 0 radical (unpaired) electrons. The Morgan fingerprint density at radius 1 is 1.32 bits per heavy atom. The molecule has 0 saturated carbocycles. The Bertz CT molecular complexity index is 968. The van der Waals surface area contributed by atoms with Gasteiger partial charge in [0.25, 0.3) is 0 Å². The summed E-state index contributed by atoms with van der Waals surface area (Å²) in [5.41, 5.74) is -0.288. The van der Waals surface area contributed by atoms with E-state index in [4.69, 9.17) is 0 Å². The highest BCUT2D eigenvalue weighted by molar-refractivity contribution is 7.11. The maximum atomic E-state index is 13.1. The van der Waals surface area contributed by atoms with Crippen LogP contribution in [0.1, 0.15) is 53.1 Å². The van der Waals surface area contributed by atoms with E-state index in [0.29, 0.717) is 24.6 Å². The number of aliphatic hydroxyl groups excluding tert-OH is 1. The van der Waals surface area contributed by atoms with E-state index in [1.807, 2.05) is 0 Å². The van der Waals surface area contributed by atoms with Gasteiger partial charge in [0.2, 0.25) is 0 Å². The Labute approximate surface area is 163 Å². The highest BCUT2D eigenvalue weighted by atomic mass is 32.1. The Kier molecular flexibility index (Phi) is 5.11. The number of nitrogens with zero attached hydrogens (tertiary/aromatic N) is 5. The first-order valence-corrected chi connectivity index (χ1v) is 9.90. The van der Waals surface area contributed by atoms with Crippen LogP contribution in [-0.4, -0.2) is 42.7 Å². The first kappa shape index (κ1) is 19.3. The number of likely N-dealkylation sites (tertiary alicyclic amines) is 1. The molecule has 4 heterocycles. The molecule has 150 valence electrons. The van der Waals surface area contributed by atoms with Crippen LogP contribution in [-0.2, 0) is 12.7 Å². The fraction of sp³-hybridized carbons (Fsp3) is 0.500. The molecule has 10 heteroatoms. The first-order valence-electron chi connectivity index (χ1n) is 9.08. The van der Waals surface area contributed by atoms with Crippen LogP contribution >= 0.6 is 11.3 Å². The van der Waals surface area contributed by atoms with Gasteiger partial charge in [-0.05, 0) is 38.4 Å². The molecular formula is C18H20F3N5OS. The summed E-state index contributed by atoms with van der Waals surface area (Å²) in [6.07, 6.45) is -0.389. The SMILES string of the molecule is CC(O)c1cnc(CN2CCCC(c3nnc4ccc(C(F)(F)F)cn34)C2)s1. The summed E-state index contributed by atoms with van der Waals surface area (Å²) in [6.45, 7) is 3.93. The van der Waals surface area contributed by atoms with Crippen LogP contribution < -0.4 is 0 Å². The van der Waals surface area contributed by atoms with Gasteiger partial charge in [0.05, 0.1) is 23.1 Å². The van der Waals surface area contributed by atoms with Gasteiger partial charge in [-0.3, -0.25) is 9.30 Å². The second-order valence-corrected chi connectivity index (χ2v) is 8.26. The minimum atomic E-state index is -4.40. The topological polar surface area (TPSA) is 66.6 Å². The number of alkyl halides is 3. The first-order chi connectivity index (χ1) is 13.3. The summed E-state index contributed by atoms with van der Waals surface area (Å²) in [6, 6.07) is 2.39. The van der Waals surface area contributed by atoms with Gasteiger partial charge in [0.1, 0.15) is 10.8 Å². The smallest absolute Gasteiger partial charge is 0.388 e. The van der Waals surface area contributed by atoms with Crippen LogP contribution in [0.5, 0.6) is 0 Å². The number of fused-ring (bicyclic) bond motifs is 1. The van der Waals surface area contributed by atoms with Gasteiger partial charge in [0.15, 0.2) is 5.65 Å². The number of rotatable bonds is 4. The van der Waals surface area contributed by atoms with Gasteiger partial charge < -0.3 is 5.11 Å². The summed E-state index contributed by atoms with van der Waals surface area (Å²) >= 11 is 1.48. The van der Waals surface area contributed by atoms with Crippen LogP contribution in [0.4, 0.5) is 13.2 Å². The van der Waals surface area contributed by atoms with Gasteiger partial charge in [-0.2, -0.15) is 13.2 Å². The van der Waals surface area contributed by atoms with Crippen molar-refractivity contribution in [2.24, 2.45) is 0 Å². The molecule has 1 saturated heterocycles. The molecule has 4 rings (SSSR count). The van der Waals surface area contributed by atoms with Crippen molar-refractivity contribution in [3.63, 3.8) is 0 Å². The lowest BCUT2D eigenvalue weighted by Crippen LogP contribution is -2.34. The van der Waals surface area contributed by atoms with Crippen molar-refractivity contribution < 1.29 is 18.3 Å². The summed E-state index contributed by atoms with van der Waals surface area (Å²) in [7, 11) is 0. The maximum Gasteiger partial charge on any atom is 0.417 e. The summed E-state index contributed by atoms with van der Waals surface area (Å²) < 4.78 is 40.7. The predicted octanol–water partition coefficient (Wildman–Crippen LogP) is 3.64. The second-order valence-electron chi connectivity index (χ2n) is 7.11. The number of aliphatic hydroxyl groups is 1. The van der Waals surface area contributed by atoms with Crippen molar-refractivity contribution in [2.75, 3.05) is 13.1 Å². The third-order valence-corrected chi connectivity index (χ3v) is 6.12. The van der Waals surface area contributed by atoms with E-state index >= 15 is 0 Å². The molecule has 0 bridgehead atoms. The number of aromatic nitrogens is 4. The van der Waals surface area contributed by atoms with Crippen LogP contribution in [0.15, 0.2) is 24.5 Å². The molecule has 0 amide bonds. The lowest BCUT2D eigenvalue weighted by Gasteiger charge is -2.31. The molecule has 6 nitrogen and oxygen atoms in total. The molecule has 2 unspecified atom stereocenters. The second kappa shape index (κ2) is 7.41. The Hall–Kier alpha value is -2.04. The maximum absolute atomic E-state index is 13.1. The third kappa shape index (κ3) is 3.89. The standard InChI is InChI=1S/C18H20F3N5OS/c1-11(27)14-7-22-16(28-14)10-25-6-2-3-12(8-25)17-24-23-15-5-4-13(9-26(15)17)18(19,20)21/h4-5,7,9,11-12,27H,2-3,6,8,10H2,1H3. The monoisotopic (exact) mass is 411 g/mol. The van der Waals surface area contributed by atoms with Gasteiger partial charge in [-0.1, -0.05) is 0 Å². The van der Waals surface area contributed by atoms with E-state index < -0.39 is 17.8 Å². The number of halogens is 3. The molecule has 3 aromatic heterocycles. The van der Waals surface area contributed by atoms with E-state index in [1.165, 1.54) is 21.8 Å². The summed E-state index contributed by atoms with van der Waals surface area (Å²) in [4.78, 5) is 7.42. The van der Waals surface area contributed by atoms with E-state index in [2.05, 4.69) is 20.1 Å². The van der Waals surface area contributed by atoms with E-state index in [-0.39, 0.29) is 5.92 Å². The molecule has 1 aliphatic heterocycles. The molecular weight excluding hydrogens is 391 g/mol. The average Bonchev–Trinajstić information content (AvgIpc) is 3.27. The minimum absolute atomic E-state index is 0.00318. The number of piperidine rings is 1. The Balaban J connectivity index is 1.54. The zero-order valence-electron chi connectivity index (χ0n) is 15.2. The Morgan fingerprint density at radius 3 is 2.86 bits per heavy atom. The van der Waals surface area contributed by atoms with Crippen LogP contribution in [0.25, 0.3) is 5.65 Å². The lowest BCUT2D eigenvalue weighted by atomic mass is 9.97. The quantitative estimate of drug-likeness (QED) is 0.710. The lowest BCUT2D eigenvalue weighted by molar-refractivity contribution is -0.137. The number of thiazole rings is 1. The van der Waals surface area contributed by atoms with E-state index in [0.717, 1.165) is 41.5 Å². The van der Waals surface area contributed by atoms with Crippen molar-refractivity contribution in [1.29, 1.82) is 0 Å². The highest BCUT2D eigenvalue weighted by Gasteiger charge is 2.32. The van der Waals surface area contributed by atoms with E-state index in [1.54, 1.807) is 13.1 Å². The highest BCUT2D eigenvalue weighted by Crippen LogP contribution is 2.32. The van der Waals surface area contributed by atoms with Crippen molar-refractivity contribution >= 4 is 17.0 Å². The van der Waals surface area contributed by atoms with Crippen molar-refractivity contribution in [3.05, 3.63) is 45.8 Å². The molecule has 1 fully saturated rings. The van der Waals surface area contributed by atoms with Crippen LogP contribution in [0.3, 0.4) is 0 Å². The minimum Gasteiger partial charge on any atom is -0.388 e. The number of pyridine rings is 1. The van der Waals surface area contributed by atoms with Gasteiger partial charge >= 0.3 is 6.18 Å². The molecule has 28 heavy (non-hydrogen) atoms. The van der Waals surface area contributed by atoms with Crippen molar-refractivity contribution in [3.8, 4) is 0 Å². The number of hydrogen-bond acceptors (Lipinski definition) is 6. The molecule has 0 aliphatic carbocycles. The molecule has 0 spiro atoms. The van der Waals surface area contributed by atoms with Crippen LogP contribution in [0.2, 0.25) is 0 Å². The molecule has 0 aromatic carbocycles. The van der Waals surface area contributed by atoms with Crippen LogP contribution in [0, 0.1) is 0 Å². The molecule has 1 aliphatic rings. The fourth-order valence-electron chi connectivity index (χ4n) is 3.55. The third-order valence-electron chi connectivity index (χ3n) is 4.97. The number of hydrogen-bond donors (Lipinski definition) is 1. The van der Waals surface area contributed by atoms with E-state index in [9.17, 15) is 18.3 Å². The normalized spacial score (nSPS) is 20.0. The zero-order chi connectivity index (χ0) is 19.9. The molecule has 3 aromatic rings. The Morgan fingerprint density at radius 2 is 2.14 bits per heavy atom. The predicted molar refractivity (Wildman–Crippen MR) is 98.0 cm³/mol. The van der Waals surface area contributed by atoms with Gasteiger partial charge in [-0.15, -0.1) is 21.5 Å². The van der Waals surface area contributed by atoms with Gasteiger partial charge in [-0.25, -0.2) is 4.98 Å². The summed E-state index contributed by atoms with van der Waals surface area (Å²) in [5.74, 6) is 0.568. The van der Waals surface area contributed by atoms with Crippen molar-refractivity contribution in [1.82, 2.24) is 24.5 Å². The summed E-state index contributed by atoms with van der Waals surface area (Å²) in [5, 5.41) is 18.8. The molecule has 1 N–H and O–H groups in total. The van der Waals surface area contributed by atoms with Crippen molar-refractivity contribution in [2.45, 2.75) is 44.5 Å².